The van der Waals surface area contributed by atoms with Gasteiger partial charge >= 0.3 is 42.1 Å². The molecule has 20 heterocycles. The normalized spacial score (nSPS) is 14.4. The quantitative estimate of drug-likeness (QED) is 0.0635. The van der Waals surface area contributed by atoms with E-state index in [9.17, 15) is 0 Å². The van der Waals surface area contributed by atoms with Crippen molar-refractivity contribution in [2.24, 2.45) is 4.99 Å². The van der Waals surface area contributed by atoms with Gasteiger partial charge in [-0.05, 0) is 188 Å². The number of rotatable bonds is 12. The molecule has 0 fully saturated rings. The van der Waals surface area contributed by atoms with Gasteiger partial charge in [-0.1, -0.05) is 206 Å². The molecule has 0 spiro atoms. The third kappa shape index (κ3) is 14.6. The summed E-state index contributed by atoms with van der Waals surface area (Å²) in [6.07, 6.45) is 25.4. The van der Waals surface area contributed by atoms with Gasteiger partial charge < -0.3 is 38.0 Å². The van der Waals surface area contributed by atoms with Crippen LogP contribution in [-0.4, -0.2) is 102 Å². The molecule has 23 nitrogen and oxygen atoms in total. The van der Waals surface area contributed by atoms with Crippen molar-refractivity contribution >= 4 is 144 Å². The van der Waals surface area contributed by atoms with Gasteiger partial charge in [0, 0.05) is 135 Å². The molecule has 9 aromatic carbocycles. The molecule has 6 aliphatic heterocycles. The molecule has 0 aliphatic carbocycles. The van der Waals surface area contributed by atoms with E-state index in [1.807, 2.05) is 141 Å². The number of hydrogen-bond acceptors (Lipinski definition) is 15. The minimum Gasteiger partial charge on any atom is -0.501 e. The van der Waals surface area contributed by atoms with Gasteiger partial charge in [0.15, 0.2) is 11.0 Å². The Bertz CT molecular complexity index is 9080. The van der Waals surface area contributed by atoms with Crippen molar-refractivity contribution in [3.8, 4) is 45.6 Å². The van der Waals surface area contributed by atoms with E-state index < -0.39 is 0 Å². The number of para-hydroxylation sites is 5. The second-order valence-corrected chi connectivity index (χ2v) is 38.9. The van der Waals surface area contributed by atoms with Crippen molar-refractivity contribution < 1.29 is 60.7 Å². The number of ether oxygens (including phenoxy) is 2. The second kappa shape index (κ2) is 35.4. The van der Waals surface area contributed by atoms with Crippen LogP contribution in [0.4, 0.5) is 11.4 Å². The SMILES string of the molecule is CC(C)c1ccc(C(C)C)c2c1c1c3c4n2nc[n+]4CC3CC=N1.CC(C)c1ccc2c3c1-c1ncccc1C1=CN(C)C(C2)N13.CC(C)c1ccc2c3c1c1nccc(C(C)C)c1n1nc[n+](c31)C2.CC(C)c1cccc2c1c1ncc(Oc3[c-]c(-n4cccn4)ccc3)[c-]c1c1nc3ccccc3n21.[Pt+2].[Pt+2].[c-]1c(Oc2[c-]c3c(nc2)c2ccccc2n2c4ccccc4nc32)cccc1-n1cccn1. The number of likely N-dealkylation sites (N-methyl/N-ethyl adjacent to an activating group) is 1. The van der Waals surface area contributed by atoms with Gasteiger partial charge in [0.05, 0.1) is 91.7 Å². The molecule has 0 radical (unpaired) electrons. The van der Waals surface area contributed by atoms with Crippen molar-refractivity contribution in [3.05, 3.63) is 342 Å². The summed E-state index contributed by atoms with van der Waals surface area (Å²) in [6, 6.07) is 79.7. The average Bonchev–Trinajstić information content (AvgIpc) is 1.52. The Morgan fingerprint density at radius 2 is 0.993 bits per heavy atom. The first-order valence-electron chi connectivity index (χ1n) is 48.2. The zero-order valence-electron chi connectivity index (χ0n) is 80.2. The molecule has 25 heteroatoms. The number of fused-ring (bicyclic) bond motifs is 25. The summed E-state index contributed by atoms with van der Waals surface area (Å²) in [4.78, 5) is 38.9. The fourth-order valence-electron chi connectivity index (χ4n) is 22.1. The van der Waals surface area contributed by atoms with Crippen LogP contribution in [0.15, 0.2) is 268 Å². The van der Waals surface area contributed by atoms with Crippen LogP contribution in [0.2, 0.25) is 0 Å². The number of hydrogen-bond donors (Lipinski definition) is 0. The third-order valence-electron chi connectivity index (χ3n) is 28.4. The first-order chi connectivity index (χ1) is 67.8. The topological polar surface area (TPSA) is 201 Å². The first-order valence-corrected chi connectivity index (χ1v) is 48.2. The molecule has 698 valence electrons. The van der Waals surface area contributed by atoms with Crippen LogP contribution in [0.5, 0.6) is 23.0 Å². The van der Waals surface area contributed by atoms with Gasteiger partial charge in [-0.2, -0.15) is 22.3 Å². The van der Waals surface area contributed by atoms with E-state index in [-0.39, 0.29) is 42.1 Å². The third-order valence-corrected chi connectivity index (χ3v) is 28.4. The summed E-state index contributed by atoms with van der Waals surface area (Å²) < 4.78 is 29.0. The number of imidazole rings is 2. The van der Waals surface area contributed by atoms with E-state index >= 15 is 0 Å². The largest absolute Gasteiger partial charge is 2.00 e. The Hall–Kier alpha value is -15.1. The molecule has 0 N–H and O–H groups in total. The molecule has 0 amide bonds. The Balaban J connectivity index is 0.0000000990. The number of nitrogens with zero attached hydrogens (tertiary/aromatic N) is 21. The number of pyridine rings is 8. The van der Waals surface area contributed by atoms with Crippen molar-refractivity contribution in [3.63, 3.8) is 0 Å². The van der Waals surface area contributed by atoms with E-state index in [1.165, 1.54) is 111 Å². The fourth-order valence-corrected chi connectivity index (χ4v) is 22.1. The predicted octanol–water partition coefficient (Wildman–Crippen LogP) is 24.6. The van der Waals surface area contributed by atoms with Crippen LogP contribution in [0.1, 0.15) is 187 Å². The summed E-state index contributed by atoms with van der Waals surface area (Å²) in [6.45, 7) is 29.0. The van der Waals surface area contributed by atoms with Crippen LogP contribution < -0.4 is 23.5 Å². The zero-order chi connectivity index (χ0) is 94.2. The number of aromatic nitrogens is 18. The monoisotopic (exact) mass is 2210 g/mol. The van der Waals surface area contributed by atoms with Crippen LogP contribution in [0.3, 0.4) is 0 Å². The fraction of sp³-hybridized carbons (Fsp3) is 0.216. The van der Waals surface area contributed by atoms with Crippen molar-refractivity contribution in [2.75, 3.05) is 11.9 Å². The summed E-state index contributed by atoms with van der Waals surface area (Å²) in [5.74, 6) is 5.34. The molecule has 14 aromatic heterocycles. The maximum absolute atomic E-state index is 6.19. The van der Waals surface area contributed by atoms with Crippen LogP contribution in [0.25, 0.3) is 149 Å². The number of anilines is 1. The Kier molecular flexibility index (Phi) is 22.5. The second-order valence-electron chi connectivity index (χ2n) is 38.9. The molecule has 0 bridgehead atoms. The van der Waals surface area contributed by atoms with Crippen molar-refractivity contribution in [2.45, 2.75) is 157 Å². The molecule has 0 saturated heterocycles. The molecule has 141 heavy (non-hydrogen) atoms. The van der Waals surface area contributed by atoms with Gasteiger partial charge in [-0.25, -0.2) is 9.13 Å². The Morgan fingerprint density at radius 3 is 1.65 bits per heavy atom. The molecule has 6 aliphatic rings. The molecule has 2 atom stereocenters. The van der Waals surface area contributed by atoms with E-state index in [0.717, 1.165) is 131 Å². The summed E-state index contributed by atoms with van der Waals surface area (Å²) >= 11 is 0. The summed E-state index contributed by atoms with van der Waals surface area (Å²) in [5, 5.41) is 25.8. The van der Waals surface area contributed by atoms with Crippen molar-refractivity contribution in [1.82, 2.24) is 82.4 Å². The Morgan fingerprint density at radius 1 is 0.433 bits per heavy atom. The van der Waals surface area contributed by atoms with Crippen LogP contribution in [0, 0.1) is 24.3 Å². The van der Waals surface area contributed by atoms with E-state index in [0.29, 0.717) is 70.6 Å². The summed E-state index contributed by atoms with van der Waals surface area (Å²) in [5.41, 5.74) is 37.0. The van der Waals surface area contributed by atoms with Gasteiger partial charge in [0.25, 0.3) is 23.9 Å². The van der Waals surface area contributed by atoms with Gasteiger partial charge in [-0.15, -0.1) is 36.4 Å². The molecule has 2 unspecified atom stereocenters. The molecular weight excluding hydrogens is 2110 g/mol. The smallest absolute Gasteiger partial charge is 0.501 e. The number of benzene rings is 9. The van der Waals surface area contributed by atoms with E-state index in [2.05, 4.69) is 265 Å². The maximum Gasteiger partial charge on any atom is 2.00 e. The number of aliphatic imine (C=N–C) groups is 1. The van der Waals surface area contributed by atoms with Gasteiger partial charge in [0.1, 0.15) is 11.7 Å². The molecular formula is C116H99N21O2Pt2+2. The standard InChI is InChI=1S/C30H21N5O.C27H15N5O.C20H23N4.C20H21N4.C19H19N3.2Pt/c1-19(2)23-10-6-13-27-28(23)29-24(30-33-25-11-3-4-12-26(25)35(27)30)17-22(18-31-29)36-21-9-5-8-20(16-21)34-15-7-14-32-34;1-3-11-24-21(9-1)26-22(27-30-23-10-2-4-12-25(23)32(24)27)16-20(17-28-26)33-19-8-5-7-18(15-19)31-14-6-13-29-31;1-11(2)14-5-6-15(12(3)4)19-17(14)18-16-13(7-8-21-18)9-23-10-22-24(19)20(16)23;1-11(2)14-6-5-13-9-23-10-22-24-19-15(12(3)4)7-8-21-18(19)17(14)16(13)20(23)24;1-11(2)13-7-6-12-9-16-21(3)10-15-14-5-4-8-20-18(14)17(13)19(12)22(15)16;;/h3-15,18-19H,1-2H3;1-14,17H;5-6,8,10-13H,7,9H2,1-4H3;5-8,10-12H,9H2,1-4H3;4-8,10-11,16H,9H2,1-3H3;;/q2*-2;2*+1;;2*+2. The molecule has 23 aromatic rings. The van der Waals surface area contributed by atoms with Crippen molar-refractivity contribution in [1.29, 1.82) is 0 Å². The van der Waals surface area contributed by atoms with Crippen LogP contribution >= 0.6 is 0 Å². The maximum atomic E-state index is 6.19. The minimum atomic E-state index is 0. The summed E-state index contributed by atoms with van der Waals surface area (Å²) in [7, 11) is 2.18. The molecule has 29 rings (SSSR count). The average molecular weight is 2210 g/mol. The van der Waals surface area contributed by atoms with Crippen LogP contribution in [-0.2, 0) is 61.6 Å². The Labute approximate surface area is 842 Å². The minimum absolute atomic E-state index is 0. The van der Waals surface area contributed by atoms with Gasteiger partial charge in [0.2, 0.25) is 0 Å². The first kappa shape index (κ1) is 89.8. The zero-order valence-corrected chi connectivity index (χ0v) is 84.7. The molecule has 0 saturated carbocycles. The van der Waals surface area contributed by atoms with E-state index in [4.69, 9.17) is 54.6 Å². The van der Waals surface area contributed by atoms with Gasteiger partial charge in [-0.3, -0.25) is 34.3 Å². The predicted molar refractivity (Wildman–Crippen MR) is 549 cm³/mol. The van der Waals surface area contributed by atoms with E-state index in [1.54, 1.807) is 34.2 Å².